The van der Waals surface area contributed by atoms with Crippen LogP contribution in [0.3, 0.4) is 0 Å². The second kappa shape index (κ2) is 5.14. The number of nitrogens with one attached hydrogen (secondary N) is 1. The van der Waals surface area contributed by atoms with E-state index in [-0.39, 0.29) is 17.1 Å². The van der Waals surface area contributed by atoms with Gasteiger partial charge in [0.25, 0.3) is 0 Å². The van der Waals surface area contributed by atoms with E-state index in [0.717, 1.165) is 10.7 Å². The highest BCUT2D eigenvalue weighted by Gasteiger charge is 2.31. The third kappa shape index (κ3) is 2.95. The van der Waals surface area contributed by atoms with Crippen molar-refractivity contribution in [2.75, 3.05) is 0 Å². The second-order valence-electron chi connectivity index (χ2n) is 7.98. The first-order valence-corrected chi connectivity index (χ1v) is 8.62. The Bertz CT molecular complexity index is 729. The number of hydrogen-bond donors (Lipinski definition) is 1. The minimum Gasteiger partial charge on any atom is -0.299 e. The third-order valence-corrected chi connectivity index (χ3v) is 5.11. The summed E-state index contributed by atoms with van der Waals surface area (Å²) in [5.41, 5.74) is 2.42. The Morgan fingerprint density at radius 1 is 1.09 bits per heavy atom. The summed E-state index contributed by atoms with van der Waals surface area (Å²) in [7, 11) is 0. The molecule has 3 nitrogen and oxygen atoms in total. The molecule has 3 rings (SSSR count). The Balaban J connectivity index is 2.15. The van der Waals surface area contributed by atoms with E-state index in [1.165, 1.54) is 10.4 Å². The average molecular weight is 315 g/mol. The van der Waals surface area contributed by atoms with Gasteiger partial charge in [0.05, 0.1) is 11.0 Å². The molecule has 0 saturated heterocycles. The van der Waals surface area contributed by atoms with Crippen LogP contribution < -0.4 is 5.32 Å². The fourth-order valence-electron chi connectivity index (χ4n) is 2.67. The van der Waals surface area contributed by atoms with Gasteiger partial charge >= 0.3 is 0 Å². The summed E-state index contributed by atoms with van der Waals surface area (Å²) >= 11 is 1.79. The lowest BCUT2D eigenvalue weighted by atomic mass is 9.95. The van der Waals surface area contributed by atoms with Crippen LogP contribution >= 0.6 is 11.8 Å². The molecule has 22 heavy (non-hydrogen) atoms. The van der Waals surface area contributed by atoms with Crippen molar-refractivity contribution in [1.82, 2.24) is 14.9 Å². The normalized spacial score (nSPS) is 19.2. The van der Waals surface area contributed by atoms with Crippen molar-refractivity contribution in [2.24, 2.45) is 5.41 Å². The van der Waals surface area contributed by atoms with Gasteiger partial charge in [0, 0.05) is 5.54 Å². The molecule has 0 aliphatic carbocycles. The Labute approximate surface area is 137 Å². The van der Waals surface area contributed by atoms with Crippen LogP contribution in [0.5, 0.6) is 0 Å². The van der Waals surface area contributed by atoms with Crippen molar-refractivity contribution in [3.05, 3.63) is 35.2 Å². The third-order valence-electron chi connectivity index (χ3n) is 3.67. The van der Waals surface area contributed by atoms with Gasteiger partial charge in [-0.1, -0.05) is 44.7 Å². The number of rotatable bonds is 1. The van der Waals surface area contributed by atoms with Gasteiger partial charge in [-0.2, -0.15) is 0 Å². The molecule has 0 spiro atoms. The smallest absolute Gasteiger partial charge is 0.175 e. The Kier molecular flexibility index (Phi) is 3.65. The van der Waals surface area contributed by atoms with E-state index in [1.54, 1.807) is 11.8 Å². The lowest BCUT2D eigenvalue weighted by molar-refractivity contribution is 0.328. The van der Waals surface area contributed by atoms with Crippen LogP contribution in [0, 0.1) is 5.41 Å². The van der Waals surface area contributed by atoms with Crippen molar-refractivity contribution in [3.63, 3.8) is 0 Å². The van der Waals surface area contributed by atoms with Gasteiger partial charge in [-0.15, -0.1) is 0 Å². The van der Waals surface area contributed by atoms with E-state index in [4.69, 9.17) is 4.98 Å². The van der Waals surface area contributed by atoms with Crippen LogP contribution in [0.25, 0.3) is 11.0 Å². The first-order chi connectivity index (χ1) is 10.1. The van der Waals surface area contributed by atoms with Crippen molar-refractivity contribution in [1.29, 1.82) is 0 Å². The summed E-state index contributed by atoms with van der Waals surface area (Å²) in [5.74, 6) is 0. The monoisotopic (exact) mass is 315 g/mol. The Morgan fingerprint density at radius 2 is 1.77 bits per heavy atom. The quantitative estimate of drug-likeness (QED) is 0.806. The molecule has 1 aromatic carbocycles. The van der Waals surface area contributed by atoms with Gasteiger partial charge in [0.15, 0.2) is 5.16 Å². The van der Waals surface area contributed by atoms with Crippen LogP contribution in [0.2, 0.25) is 0 Å². The maximum absolute atomic E-state index is 4.84. The number of allylic oxidation sites excluding steroid dienone is 1. The maximum atomic E-state index is 4.84. The minimum atomic E-state index is 0.0365. The molecular weight excluding hydrogens is 290 g/mol. The molecule has 0 bridgehead atoms. The van der Waals surface area contributed by atoms with Crippen molar-refractivity contribution >= 4 is 22.8 Å². The molecule has 1 aliphatic rings. The number of imidazole rings is 1. The average Bonchev–Trinajstić information content (AvgIpc) is 2.74. The molecule has 2 aromatic rings. The predicted octanol–water partition coefficient (Wildman–Crippen LogP) is 4.96. The van der Waals surface area contributed by atoms with Crippen molar-refractivity contribution < 1.29 is 0 Å². The second-order valence-corrected chi connectivity index (χ2v) is 8.98. The molecule has 2 heterocycles. The number of para-hydroxylation sites is 2. The highest BCUT2D eigenvalue weighted by atomic mass is 32.2. The molecule has 0 amide bonds. The molecule has 118 valence electrons. The number of fused-ring (bicyclic) bond motifs is 3. The Morgan fingerprint density at radius 3 is 2.41 bits per heavy atom. The summed E-state index contributed by atoms with van der Waals surface area (Å²) in [6.07, 6.45) is 2.50. The number of aromatic nitrogens is 2. The molecule has 0 saturated carbocycles. The molecule has 0 radical (unpaired) electrons. The first-order valence-electron chi connectivity index (χ1n) is 7.80. The number of benzene rings is 1. The van der Waals surface area contributed by atoms with E-state index in [2.05, 4.69) is 81.8 Å². The molecule has 0 unspecified atom stereocenters. The zero-order chi connectivity index (χ0) is 16.1. The van der Waals surface area contributed by atoms with Crippen LogP contribution in [0.4, 0.5) is 0 Å². The minimum absolute atomic E-state index is 0.0365. The zero-order valence-corrected chi connectivity index (χ0v) is 15.1. The topological polar surface area (TPSA) is 29.9 Å². The van der Waals surface area contributed by atoms with Crippen LogP contribution in [-0.2, 0) is 0 Å². The van der Waals surface area contributed by atoms with Gasteiger partial charge in [-0.05, 0) is 49.3 Å². The summed E-state index contributed by atoms with van der Waals surface area (Å²) < 4.78 is 2.32. The predicted molar refractivity (Wildman–Crippen MR) is 95.1 cm³/mol. The number of hydrogen-bond acceptors (Lipinski definition) is 3. The van der Waals surface area contributed by atoms with Gasteiger partial charge in [0.1, 0.15) is 6.17 Å². The fourth-order valence-corrected chi connectivity index (χ4v) is 3.82. The van der Waals surface area contributed by atoms with E-state index < -0.39 is 0 Å². The summed E-state index contributed by atoms with van der Waals surface area (Å²) in [6.45, 7) is 13.4. The SMILES string of the molecule is CC(C)(C)N[C@H]1C=C(C(C)(C)C)Sc2nc3ccccc3n21. The van der Waals surface area contributed by atoms with Crippen LogP contribution in [0.1, 0.15) is 47.7 Å². The number of nitrogens with zero attached hydrogens (tertiary/aromatic N) is 2. The van der Waals surface area contributed by atoms with Crippen LogP contribution in [0.15, 0.2) is 40.4 Å². The highest BCUT2D eigenvalue weighted by Crippen LogP contribution is 2.45. The first kappa shape index (κ1) is 15.6. The zero-order valence-electron chi connectivity index (χ0n) is 14.3. The summed E-state index contributed by atoms with van der Waals surface area (Å²) in [5, 5.41) is 4.81. The fraction of sp³-hybridized carbons (Fsp3) is 0.500. The molecule has 0 fully saturated rings. The van der Waals surface area contributed by atoms with Gasteiger partial charge < -0.3 is 0 Å². The van der Waals surface area contributed by atoms with Crippen molar-refractivity contribution in [3.8, 4) is 0 Å². The maximum Gasteiger partial charge on any atom is 0.175 e. The molecule has 4 heteroatoms. The highest BCUT2D eigenvalue weighted by molar-refractivity contribution is 8.03. The summed E-state index contributed by atoms with van der Waals surface area (Å²) in [6, 6.07) is 8.38. The van der Waals surface area contributed by atoms with Crippen molar-refractivity contribution in [2.45, 2.75) is 58.4 Å². The lowest BCUT2D eigenvalue weighted by Gasteiger charge is -2.34. The van der Waals surface area contributed by atoms with Gasteiger partial charge in [-0.3, -0.25) is 9.88 Å². The Hall–Kier alpha value is -1.26. The van der Waals surface area contributed by atoms with Gasteiger partial charge in [-0.25, -0.2) is 4.98 Å². The molecule has 1 N–H and O–H groups in total. The molecular formula is C18H25N3S. The molecule has 1 aliphatic heterocycles. The van der Waals surface area contributed by atoms with Gasteiger partial charge in [0.2, 0.25) is 0 Å². The molecule has 1 aromatic heterocycles. The van der Waals surface area contributed by atoms with E-state index >= 15 is 0 Å². The largest absolute Gasteiger partial charge is 0.299 e. The van der Waals surface area contributed by atoms with E-state index in [0.29, 0.717) is 0 Å². The lowest BCUT2D eigenvalue weighted by Crippen LogP contribution is -2.41. The summed E-state index contributed by atoms with van der Waals surface area (Å²) in [4.78, 5) is 6.21. The molecule has 1 atom stereocenters. The van der Waals surface area contributed by atoms with Crippen LogP contribution in [-0.4, -0.2) is 15.1 Å². The number of thioether (sulfide) groups is 1. The van der Waals surface area contributed by atoms with E-state index in [1.807, 2.05) is 0 Å². The van der Waals surface area contributed by atoms with E-state index in [9.17, 15) is 0 Å². The standard InChI is InChI=1S/C18H25N3S/c1-17(2,3)14-11-15(20-18(4,5)6)21-13-10-8-7-9-12(13)19-16(21)22-14/h7-11,15,20H,1-6H3/t15-/m1/s1.